The van der Waals surface area contributed by atoms with Gasteiger partial charge in [-0.15, -0.1) is 0 Å². The predicted molar refractivity (Wildman–Crippen MR) is 76.0 cm³/mol. The average Bonchev–Trinajstić information content (AvgIpc) is 2.58. The summed E-state index contributed by atoms with van der Waals surface area (Å²) in [5.74, 6) is 0.214. The number of hydrazone groups is 1. The monoisotopic (exact) mass is 304 g/mol. The second kappa shape index (κ2) is 5.35. The number of benzene rings is 1. The summed E-state index contributed by atoms with van der Waals surface area (Å²) >= 11 is 18.0. The first-order chi connectivity index (χ1) is 8.08. The third kappa shape index (κ3) is 2.98. The van der Waals surface area contributed by atoms with E-state index in [1.807, 2.05) is 0 Å². The van der Waals surface area contributed by atoms with Crippen LogP contribution in [0.2, 0.25) is 10.0 Å². The fourth-order valence-electron chi connectivity index (χ4n) is 1.19. The lowest BCUT2D eigenvalue weighted by molar-refractivity contribution is -0.123. The second-order valence-corrected chi connectivity index (χ2v) is 5.62. The normalized spacial score (nSPS) is 16.2. The van der Waals surface area contributed by atoms with Gasteiger partial charge in [-0.3, -0.25) is 4.79 Å². The first-order valence-electron chi connectivity index (χ1n) is 4.56. The van der Waals surface area contributed by atoms with Crippen molar-refractivity contribution in [3.63, 3.8) is 0 Å². The van der Waals surface area contributed by atoms with Crippen molar-refractivity contribution in [2.45, 2.75) is 0 Å². The molecule has 1 saturated heterocycles. The maximum Gasteiger partial charge on any atom is 0.259 e. The zero-order valence-electron chi connectivity index (χ0n) is 8.39. The Morgan fingerprint density at radius 2 is 2.24 bits per heavy atom. The lowest BCUT2D eigenvalue weighted by Gasteiger charge is -2.06. The molecule has 0 aromatic heterocycles. The van der Waals surface area contributed by atoms with Crippen LogP contribution in [0, 0.1) is 0 Å². The van der Waals surface area contributed by atoms with Gasteiger partial charge in [0, 0.05) is 10.6 Å². The fourth-order valence-corrected chi connectivity index (χ4v) is 2.61. The Kier molecular flexibility index (Phi) is 4.04. The molecule has 1 aliphatic rings. The maximum absolute atomic E-state index is 11.4. The van der Waals surface area contributed by atoms with Crippen molar-refractivity contribution in [3.8, 4) is 0 Å². The van der Waals surface area contributed by atoms with Crippen LogP contribution in [0.15, 0.2) is 23.3 Å². The number of carbonyl (C=O) groups excluding carboxylic acids is 1. The summed E-state index contributed by atoms with van der Waals surface area (Å²) in [4.78, 5) is 11.4. The molecule has 0 spiro atoms. The molecule has 1 heterocycles. The molecule has 0 N–H and O–H groups in total. The SMILES string of the molecule is O=C1CSC(=S)N1/N=C/c1ccc(Cl)cc1Cl. The number of thiocarbonyl (C=S) groups is 1. The molecule has 0 radical (unpaired) electrons. The third-order valence-corrected chi connectivity index (χ3v) is 3.90. The molecule has 17 heavy (non-hydrogen) atoms. The van der Waals surface area contributed by atoms with Gasteiger partial charge in [0.25, 0.3) is 5.91 Å². The summed E-state index contributed by atoms with van der Waals surface area (Å²) in [5.41, 5.74) is 0.684. The van der Waals surface area contributed by atoms with E-state index in [-0.39, 0.29) is 5.91 Å². The third-order valence-electron chi connectivity index (χ3n) is 2.00. The van der Waals surface area contributed by atoms with E-state index in [0.717, 1.165) is 0 Å². The molecule has 1 fully saturated rings. The number of hydrogen-bond acceptors (Lipinski definition) is 4. The van der Waals surface area contributed by atoms with Gasteiger partial charge >= 0.3 is 0 Å². The van der Waals surface area contributed by atoms with Crippen LogP contribution in [0.1, 0.15) is 5.56 Å². The van der Waals surface area contributed by atoms with Gasteiger partial charge < -0.3 is 0 Å². The first-order valence-corrected chi connectivity index (χ1v) is 6.71. The van der Waals surface area contributed by atoms with Crippen LogP contribution in [-0.4, -0.2) is 27.2 Å². The highest BCUT2D eigenvalue weighted by molar-refractivity contribution is 8.23. The Labute approximate surface area is 118 Å². The summed E-state index contributed by atoms with van der Waals surface area (Å²) in [6.45, 7) is 0. The Bertz CT molecular complexity index is 503. The highest BCUT2D eigenvalue weighted by atomic mass is 35.5. The molecular weight excluding hydrogens is 299 g/mol. The van der Waals surface area contributed by atoms with E-state index in [2.05, 4.69) is 5.10 Å². The number of amides is 1. The Hall–Kier alpha value is -0.620. The van der Waals surface area contributed by atoms with E-state index < -0.39 is 0 Å². The number of rotatable bonds is 2. The van der Waals surface area contributed by atoms with Gasteiger partial charge in [-0.05, 0) is 12.1 Å². The summed E-state index contributed by atoms with van der Waals surface area (Å²) in [6.07, 6.45) is 1.49. The maximum atomic E-state index is 11.4. The summed E-state index contributed by atoms with van der Waals surface area (Å²) in [6, 6.07) is 5.04. The van der Waals surface area contributed by atoms with E-state index >= 15 is 0 Å². The molecule has 0 bridgehead atoms. The van der Waals surface area contributed by atoms with E-state index in [1.165, 1.54) is 23.0 Å². The highest BCUT2D eigenvalue weighted by Crippen LogP contribution is 2.22. The molecule has 1 amide bonds. The quantitative estimate of drug-likeness (QED) is 0.621. The molecule has 1 aliphatic heterocycles. The minimum Gasteiger partial charge on any atom is -0.272 e. The van der Waals surface area contributed by atoms with Crippen molar-refractivity contribution in [2.24, 2.45) is 5.10 Å². The van der Waals surface area contributed by atoms with Gasteiger partial charge in [0.1, 0.15) is 0 Å². The molecule has 0 unspecified atom stereocenters. The van der Waals surface area contributed by atoms with Crippen molar-refractivity contribution < 1.29 is 4.79 Å². The zero-order chi connectivity index (χ0) is 12.4. The van der Waals surface area contributed by atoms with Gasteiger partial charge in [0.15, 0.2) is 4.32 Å². The van der Waals surface area contributed by atoms with Crippen molar-refractivity contribution in [2.75, 3.05) is 5.75 Å². The van der Waals surface area contributed by atoms with Crippen LogP contribution in [0.25, 0.3) is 0 Å². The van der Waals surface area contributed by atoms with E-state index in [1.54, 1.807) is 18.2 Å². The van der Waals surface area contributed by atoms with Crippen LogP contribution in [0.5, 0.6) is 0 Å². The molecule has 0 atom stereocenters. The van der Waals surface area contributed by atoms with Gasteiger partial charge in [0.2, 0.25) is 0 Å². The van der Waals surface area contributed by atoms with Crippen molar-refractivity contribution in [3.05, 3.63) is 33.8 Å². The van der Waals surface area contributed by atoms with Gasteiger partial charge in [-0.1, -0.05) is 53.2 Å². The minimum atomic E-state index is -0.124. The number of halogens is 2. The highest BCUT2D eigenvalue weighted by Gasteiger charge is 2.25. The molecule has 7 heteroatoms. The van der Waals surface area contributed by atoms with Gasteiger partial charge in [-0.2, -0.15) is 10.1 Å². The summed E-state index contributed by atoms with van der Waals surface area (Å²) < 4.78 is 0.455. The molecule has 1 aromatic rings. The van der Waals surface area contributed by atoms with Crippen LogP contribution in [-0.2, 0) is 4.79 Å². The summed E-state index contributed by atoms with van der Waals surface area (Å²) in [5, 5.41) is 6.24. The van der Waals surface area contributed by atoms with E-state index in [9.17, 15) is 4.79 Å². The van der Waals surface area contributed by atoms with E-state index in [4.69, 9.17) is 35.4 Å². The molecule has 3 nitrogen and oxygen atoms in total. The van der Waals surface area contributed by atoms with Gasteiger partial charge in [0.05, 0.1) is 17.0 Å². The van der Waals surface area contributed by atoms with Crippen LogP contribution in [0.3, 0.4) is 0 Å². The standard InChI is InChI=1S/C10H6Cl2N2OS2/c11-7-2-1-6(8(12)3-7)4-13-14-9(15)5-17-10(14)16/h1-4H,5H2/b13-4+. The number of carbonyl (C=O) groups is 1. The Morgan fingerprint density at radius 3 is 2.82 bits per heavy atom. The minimum absolute atomic E-state index is 0.124. The second-order valence-electron chi connectivity index (χ2n) is 3.17. The molecule has 1 aromatic carbocycles. The molecule has 88 valence electrons. The van der Waals surface area contributed by atoms with Crippen LogP contribution >= 0.6 is 47.2 Å². The Morgan fingerprint density at radius 1 is 1.47 bits per heavy atom. The largest absolute Gasteiger partial charge is 0.272 e. The van der Waals surface area contributed by atoms with Crippen molar-refractivity contribution in [1.29, 1.82) is 0 Å². The first kappa shape index (κ1) is 12.8. The van der Waals surface area contributed by atoms with Crippen LogP contribution < -0.4 is 0 Å². The zero-order valence-corrected chi connectivity index (χ0v) is 11.5. The number of thioether (sulfide) groups is 1. The van der Waals surface area contributed by atoms with Crippen LogP contribution in [0.4, 0.5) is 0 Å². The van der Waals surface area contributed by atoms with Crippen molar-refractivity contribution >= 4 is 63.6 Å². The molecular formula is C10H6Cl2N2OS2. The topological polar surface area (TPSA) is 32.7 Å². The summed E-state index contributed by atoms with van der Waals surface area (Å²) in [7, 11) is 0. The molecule has 2 rings (SSSR count). The average molecular weight is 305 g/mol. The number of nitrogens with zero attached hydrogens (tertiary/aromatic N) is 2. The smallest absolute Gasteiger partial charge is 0.259 e. The Balaban J connectivity index is 2.20. The number of hydrogen-bond donors (Lipinski definition) is 0. The van der Waals surface area contributed by atoms with Crippen molar-refractivity contribution in [1.82, 2.24) is 5.01 Å². The van der Waals surface area contributed by atoms with E-state index in [0.29, 0.717) is 25.7 Å². The lowest BCUT2D eigenvalue weighted by Crippen LogP contribution is -2.22. The molecule has 0 saturated carbocycles. The van der Waals surface area contributed by atoms with Gasteiger partial charge in [-0.25, -0.2) is 0 Å². The molecule has 0 aliphatic carbocycles. The lowest BCUT2D eigenvalue weighted by atomic mass is 10.2. The predicted octanol–water partition coefficient (Wildman–Crippen LogP) is 3.19. The fraction of sp³-hybridized carbons (Fsp3) is 0.100.